The van der Waals surface area contributed by atoms with Crippen LogP contribution in [0.3, 0.4) is 0 Å². The first kappa shape index (κ1) is 19.0. The summed E-state index contributed by atoms with van der Waals surface area (Å²) in [5.74, 6) is -1.45. The molecule has 2 aromatic rings. The van der Waals surface area contributed by atoms with Crippen LogP contribution in [0.1, 0.15) is 0 Å². The molecule has 0 aliphatic carbocycles. The van der Waals surface area contributed by atoms with Crippen LogP contribution >= 0.6 is 10.8 Å². The van der Waals surface area contributed by atoms with Gasteiger partial charge in [-0.25, -0.2) is 0 Å². The van der Waals surface area contributed by atoms with Crippen molar-refractivity contribution in [3.8, 4) is 0 Å². The number of hydrogen-bond donors (Lipinski definition) is 2. The number of para-hydroxylation sites is 2. The molecule has 2 aromatic carbocycles. The summed E-state index contributed by atoms with van der Waals surface area (Å²) in [6, 6.07) is 17.2. The first-order valence-electron chi connectivity index (χ1n) is 7.18. The highest BCUT2D eigenvalue weighted by molar-refractivity contribution is 8.70. The maximum Gasteiger partial charge on any atom is 0.323 e. The predicted molar refractivity (Wildman–Crippen MR) is 97.5 cm³/mol. The standard InChI is InChI=1S/C16H16N2O5S2/c19-15(17-13-7-3-1-4-8-13)11-23-25(21,22)24-12-16(20)18-14-9-5-2-6-10-14/h1-10H,11-12H2,(H,17,19)(H,18,20). The maximum atomic E-state index is 11.7. The van der Waals surface area contributed by atoms with Crippen LogP contribution in [0.4, 0.5) is 11.4 Å². The molecule has 2 amide bonds. The van der Waals surface area contributed by atoms with Gasteiger partial charge in [0.1, 0.15) is 6.61 Å². The van der Waals surface area contributed by atoms with Crippen LogP contribution in [0.5, 0.6) is 0 Å². The Labute approximate surface area is 149 Å². The van der Waals surface area contributed by atoms with E-state index in [4.69, 9.17) is 0 Å². The Hall–Kier alpha value is -2.36. The fraction of sp³-hybridized carbons (Fsp3) is 0.125. The lowest BCUT2D eigenvalue weighted by Crippen LogP contribution is -2.21. The van der Waals surface area contributed by atoms with E-state index in [1.54, 1.807) is 60.7 Å². The Morgan fingerprint density at radius 3 is 1.84 bits per heavy atom. The zero-order valence-corrected chi connectivity index (χ0v) is 14.7. The second kappa shape index (κ2) is 9.21. The average molecular weight is 380 g/mol. The van der Waals surface area contributed by atoms with Gasteiger partial charge in [0.15, 0.2) is 0 Å². The molecule has 0 saturated heterocycles. The number of amides is 2. The molecule has 2 rings (SSSR count). The van der Waals surface area contributed by atoms with E-state index in [9.17, 15) is 18.0 Å². The van der Waals surface area contributed by atoms with Gasteiger partial charge in [-0.1, -0.05) is 36.4 Å². The van der Waals surface area contributed by atoms with E-state index in [0.717, 1.165) is 0 Å². The lowest BCUT2D eigenvalue weighted by atomic mass is 10.3. The minimum Gasteiger partial charge on any atom is -0.325 e. The molecule has 0 saturated carbocycles. The molecule has 9 heteroatoms. The molecule has 0 unspecified atom stereocenters. The molecule has 0 aromatic heterocycles. The molecule has 132 valence electrons. The third-order valence-corrected chi connectivity index (χ3v) is 5.37. The van der Waals surface area contributed by atoms with Crippen molar-refractivity contribution < 1.29 is 22.2 Å². The molecule has 0 atom stereocenters. The Morgan fingerprint density at radius 1 is 0.840 bits per heavy atom. The number of carbonyl (C=O) groups is 2. The van der Waals surface area contributed by atoms with E-state index in [2.05, 4.69) is 14.8 Å². The van der Waals surface area contributed by atoms with E-state index >= 15 is 0 Å². The van der Waals surface area contributed by atoms with Gasteiger partial charge in [-0.15, -0.1) is 0 Å². The van der Waals surface area contributed by atoms with Crippen LogP contribution in [0.25, 0.3) is 0 Å². The Kier molecular flexibility index (Phi) is 6.99. The second-order valence-electron chi connectivity index (χ2n) is 4.76. The van der Waals surface area contributed by atoms with Crippen LogP contribution in [0, 0.1) is 0 Å². The highest BCUT2D eigenvalue weighted by Gasteiger charge is 2.17. The minimum absolute atomic E-state index is 0.312. The molecule has 0 radical (unpaired) electrons. The van der Waals surface area contributed by atoms with Gasteiger partial charge in [0.25, 0.3) is 5.91 Å². The molecule has 0 bridgehead atoms. The highest BCUT2D eigenvalue weighted by atomic mass is 33.1. The van der Waals surface area contributed by atoms with E-state index in [1.165, 1.54) is 0 Å². The van der Waals surface area contributed by atoms with Crippen LogP contribution in [0.2, 0.25) is 0 Å². The van der Waals surface area contributed by atoms with Gasteiger partial charge in [0, 0.05) is 22.2 Å². The summed E-state index contributed by atoms with van der Waals surface area (Å²) in [5, 5.41) is 5.05. The van der Waals surface area contributed by atoms with Gasteiger partial charge in [0.2, 0.25) is 5.91 Å². The maximum absolute atomic E-state index is 11.7. The van der Waals surface area contributed by atoms with E-state index in [1.807, 2.05) is 0 Å². The summed E-state index contributed by atoms with van der Waals surface area (Å²) in [5.41, 5.74) is 1.09. The van der Waals surface area contributed by atoms with Gasteiger partial charge in [0.05, 0.1) is 5.75 Å². The van der Waals surface area contributed by atoms with E-state index < -0.39 is 27.6 Å². The zero-order valence-electron chi connectivity index (χ0n) is 13.0. The SMILES string of the molecule is O=C(COS(=O)(=O)SCC(=O)Nc1ccccc1)Nc1ccccc1. The van der Waals surface area contributed by atoms with Crippen LogP contribution in [0.15, 0.2) is 60.7 Å². The topological polar surface area (TPSA) is 102 Å². The van der Waals surface area contributed by atoms with Gasteiger partial charge in [-0.05, 0) is 24.3 Å². The van der Waals surface area contributed by atoms with Crippen LogP contribution in [-0.4, -0.2) is 32.6 Å². The van der Waals surface area contributed by atoms with Gasteiger partial charge >= 0.3 is 9.15 Å². The third kappa shape index (κ3) is 7.38. The Bertz CT molecular complexity index is 747. The van der Waals surface area contributed by atoms with Crippen molar-refractivity contribution in [3.63, 3.8) is 0 Å². The molecule has 0 fully saturated rings. The monoisotopic (exact) mass is 380 g/mol. The van der Waals surface area contributed by atoms with Crippen molar-refractivity contribution in [2.45, 2.75) is 0 Å². The molecule has 0 aliphatic heterocycles. The lowest BCUT2D eigenvalue weighted by Gasteiger charge is -2.07. The summed E-state index contributed by atoms with van der Waals surface area (Å²) >= 11 is 0. The Balaban J connectivity index is 1.74. The summed E-state index contributed by atoms with van der Waals surface area (Å²) < 4.78 is 28.1. The fourth-order valence-corrected chi connectivity index (χ4v) is 3.47. The number of rotatable bonds is 8. The van der Waals surface area contributed by atoms with Crippen molar-refractivity contribution in [1.29, 1.82) is 0 Å². The first-order chi connectivity index (χ1) is 11.9. The largest absolute Gasteiger partial charge is 0.325 e. The summed E-state index contributed by atoms with van der Waals surface area (Å²) in [4.78, 5) is 23.4. The minimum atomic E-state index is -4.06. The van der Waals surface area contributed by atoms with E-state index in [0.29, 0.717) is 22.2 Å². The number of nitrogens with one attached hydrogen (secondary N) is 2. The quantitative estimate of drug-likeness (QED) is 0.681. The molecule has 2 N–H and O–H groups in total. The zero-order chi connectivity index (χ0) is 18.1. The number of anilines is 2. The molecule has 7 nitrogen and oxygen atoms in total. The predicted octanol–water partition coefficient (Wildman–Crippen LogP) is 2.26. The Morgan fingerprint density at radius 2 is 1.32 bits per heavy atom. The van der Waals surface area contributed by atoms with Crippen molar-refractivity contribution in [2.24, 2.45) is 0 Å². The molecular formula is C16H16N2O5S2. The molecule has 25 heavy (non-hydrogen) atoms. The number of carbonyl (C=O) groups excluding carboxylic acids is 2. The molecule has 0 spiro atoms. The van der Waals surface area contributed by atoms with Crippen LogP contribution in [-0.2, 0) is 22.9 Å². The van der Waals surface area contributed by atoms with Crippen LogP contribution < -0.4 is 10.6 Å². The van der Waals surface area contributed by atoms with Crippen molar-refractivity contribution >= 4 is 43.1 Å². The second-order valence-corrected chi connectivity index (χ2v) is 8.27. The molecule has 0 aliphatic rings. The average Bonchev–Trinajstić information content (AvgIpc) is 2.60. The van der Waals surface area contributed by atoms with Crippen molar-refractivity contribution in [1.82, 2.24) is 0 Å². The smallest absolute Gasteiger partial charge is 0.323 e. The van der Waals surface area contributed by atoms with Crippen molar-refractivity contribution in [3.05, 3.63) is 60.7 Å². The number of benzene rings is 2. The molecular weight excluding hydrogens is 364 g/mol. The summed E-state index contributed by atoms with van der Waals surface area (Å²) in [6.45, 7) is -0.662. The summed E-state index contributed by atoms with van der Waals surface area (Å²) in [6.07, 6.45) is 0. The van der Waals surface area contributed by atoms with E-state index in [-0.39, 0.29) is 5.75 Å². The van der Waals surface area contributed by atoms with Crippen molar-refractivity contribution in [2.75, 3.05) is 23.0 Å². The fourth-order valence-electron chi connectivity index (χ4n) is 1.72. The van der Waals surface area contributed by atoms with Gasteiger partial charge in [-0.3, -0.25) is 13.8 Å². The normalized spacial score (nSPS) is 10.9. The number of hydrogen-bond acceptors (Lipinski definition) is 6. The van der Waals surface area contributed by atoms with Gasteiger partial charge < -0.3 is 10.6 Å². The first-order valence-corrected chi connectivity index (χ1v) is 10.1. The molecule has 0 heterocycles. The third-order valence-electron chi connectivity index (χ3n) is 2.78. The van der Waals surface area contributed by atoms with Gasteiger partial charge in [-0.2, -0.15) is 8.42 Å². The highest BCUT2D eigenvalue weighted by Crippen LogP contribution is 2.15. The lowest BCUT2D eigenvalue weighted by molar-refractivity contribution is -0.118. The summed E-state index contributed by atoms with van der Waals surface area (Å²) in [7, 11) is -3.75.